The molecule has 2 rings (SSSR count). The highest BCUT2D eigenvalue weighted by atomic mass is 19.1. The molecule has 0 aliphatic heterocycles. The summed E-state index contributed by atoms with van der Waals surface area (Å²) in [4.78, 5) is 10.4. The third-order valence-electron chi connectivity index (χ3n) is 2.47. The third kappa shape index (κ3) is 3.94. The van der Waals surface area contributed by atoms with E-state index < -0.39 is 11.8 Å². The van der Waals surface area contributed by atoms with Crippen molar-refractivity contribution in [2.24, 2.45) is 7.05 Å². The van der Waals surface area contributed by atoms with E-state index in [9.17, 15) is 9.18 Å². The molecule has 1 heterocycles. The topological polar surface area (TPSA) is 64.3 Å². The van der Waals surface area contributed by atoms with Crippen molar-refractivity contribution in [2.45, 2.75) is 6.61 Å². The van der Waals surface area contributed by atoms with E-state index in [0.29, 0.717) is 11.3 Å². The van der Waals surface area contributed by atoms with E-state index in [-0.39, 0.29) is 6.61 Å². The van der Waals surface area contributed by atoms with Gasteiger partial charge < -0.3 is 9.84 Å². The van der Waals surface area contributed by atoms with E-state index in [1.54, 1.807) is 30.1 Å². The van der Waals surface area contributed by atoms with E-state index in [0.717, 1.165) is 11.8 Å². The van der Waals surface area contributed by atoms with Gasteiger partial charge in [0, 0.05) is 25.4 Å². The molecule has 0 radical (unpaired) electrons. The van der Waals surface area contributed by atoms with Crippen LogP contribution in [0, 0.1) is 5.82 Å². The minimum absolute atomic E-state index is 0.215. The first kappa shape index (κ1) is 13.8. The molecule has 0 aliphatic carbocycles. The molecule has 0 amide bonds. The second-order valence-corrected chi connectivity index (χ2v) is 4.16. The van der Waals surface area contributed by atoms with E-state index in [2.05, 4.69) is 5.10 Å². The second-order valence-electron chi connectivity index (χ2n) is 4.16. The van der Waals surface area contributed by atoms with Gasteiger partial charge in [-0.05, 0) is 29.8 Å². The Balaban J connectivity index is 2.09. The Morgan fingerprint density at radius 3 is 2.95 bits per heavy atom. The normalized spacial score (nSPS) is 10.9. The molecule has 0 fully saturated rings. The highest BCUT2D eigenvalue weighted by Crippen LogP contribution is 2.18. The molecule has 0 unspecified atom stereocenters. The van der Waals surface area contributed by atoms with Gasteiger partial charge in [0.05, 0.1) is 5.69 Å². The number of aliphatic carboxylic acids is 1. The Morgan fingerprint density at radius 2 is 2.30 bits per heavy atom. The first-order valence-electron chi connectivity index (χ1n) is 5.86. The lowest BCUT2D eigenvalue weighted by atomic mass is 10.2. The number of carboxylic acids is 1. The van der Waals surface area contributed by atoms with Gasteiger partial charge in [-0.2, -0.15) is 5.10 Å². The molecule has 0 saturated heterocycles. The monoisotopic (exact) mass is 276 g/mol. The number of aromatic nitrogens is 2. The zero-order valence-corrected chi connectivity index (χ0v) is 10.8. The maximum Gasteiger partial charge on any atom is 0.328 e. The number of benzene rings is 1. The Kier molecular flexibility index (Phi) is 4.14. The van der Waals surface area contributed by atoms with Gasteiger partial charge in [-0.1, -0.05) is 0 Å². The molecule has 2 aromatic rings. The lowest BCUT2D eigenvalue weighted by molar-refractivity contribution is -0.131. The van der Waals surface area contributed by atoms with Crippen molar-refractivity contribution in [3.8, 4) is 5.75 Å². The van der Waals surface area contributed by atoms with E-state index >= 15 is 0 Å². The summed E-state index contributed by atoms with van der Waals surface area (Å²) >= 11 is 0. The number of hydrogen-bond donors (Lipinski definition) is 1. The summed E-state index contributed by atoms with van der Waals surface area (Å²) in [5.74, 6) is -1.26. The van der Waals surface area contributed by atoms with Gasteiger partial charge in [-0.3, -0.25) is 4.68 Å². The van der Waals surface area contributed by atoms with Gasteiger partial charge in [0.15, 0.2) is 0 Å². The molecule has 1 aromatic heterocycles. The molecule has 20 heavy (non-hydrogen) atoms. The number of rotatable bonds is 5. The maximum atomic E-state index is 13.4. The number of hydrogen-bond acceptors (Lipinski definition) is 3. The van der Waals surface area contributed by atoms with Gasteiger partial charge >= 0.3 is 5.97 Å². The Morgan fingerprint density at radius 1 is 1.50 bits per heavy atom. The highest BCUT2D eigenvalue weighted by molar-refractivity contribution is 5.85. The molecular weight excluding hydrogens is 263 g/mol. The van der Waals surface area contributed by atoms with Crippen molar-refractivity contribution in [1.29, 1.82) is 0 Å². The van der Waals surface area contributed by atoms with Crippen molar-refractivity contribution in [2.75, 3.05) is 0 Å². The average Bonchev–Trinajstić information content (AvgIpc) is 2.79. The Bertz CT molecular complexity index is 650. The summed E-state index contributed by atoms with van der Waals surface area (Å²) in [6, 6.07) is 5.82. The Labute approximate surface area is 114 Å². The lowest BCUT2D eigenvalue weighted by Gasteiger charge is -2.05. The number of carboxylic acid groups (broad SMARTS) is 1. The average molecular weight is 276 g/mol. The highest BCUT2D eigenvalue weighted by Gasteiger charge is 2.03. The van der Waals surface area contributed by atoms with E-state index in [1.165, 1.54) is 18.2 Å². The van der Waals surface area contributed by atoms with Gasteiger partial charge in [0.1, 0.15) is 18.2 Å². The molecule has 1 aromatic carbocycles. The van der Waals surface area contributed by atoms with Crippen LogP contribution in [0.4, 0.5) is 4.39 Å². The number of carbonyl (C=O) groups is 1. The van der Waals surface area contributed by atoms with Crippen LogP contribution in [0.3, 0.4) is 0 Å². The summed E-state index contributed by atoms with van der Waals surface area (Å²) in [6.45, 7) is 0.215. The van der Waals surface area contributed by atoms with Crippen molar-refractivity contribution in [3.63, 3.8) is 0 Å². The summed E-state index contributed by atoms with van der Waals surface area (Å²) in [5.41, 5.74) is 1.14. The predicted octanol–water partition coefficient (Wildman–Crippen LogP) is 2.24. The van der Waals surface area contributed by atoms with Gasteiger partial charge in [0.2, 0.25) is 0 Å². The fourth-order valence-electron chi connectivity index (χ4n) is 1.63. The standard InChI is InChI=1S/C14H13FN2O3/c1-17-5-4-12(16-17)9-20-13-7-10(2-3-14(18)19)6-11(15)8-13/h2-8H,9H2,1H3,(H,18,19)/b3-2+. The van der Waals surface area contributed by atoms with Crippen molar-refractivity contribution in [1.82, 2.24) is 9.78 Å². The zero-order chi connectivity index (χ0) is 14.5. The fourth-order valence-corrected chi connectivity index (χ4v) is 1.63. The molecule has 0 aliphatic rings. The minimum Gasteiger partial charge on any atom is -0.487 e. The molecule has 0 atom stereocenters. The quantitative estimate of drug-likeness (QED) is 0.851. The summed E-state index contributed by atoms with van der Waals surface area (Å²) in [6.07, 6.45) is 4.03. The van der Waals surface area contributed by atoms with Crippen LogP contribution in [-0.4, -0.2) is 20.9 Å². The van der Waals surface area contributed by atoms with E-state index in [4.69, 9.17) is 9.84 Å². The van der Waals surface area contributed by atoms with Crippen LogP contribution in [0.5, 0.6) is 5.75 Å². The molecule has 0 saturated carbocycles. The van der Waals surface area contributed by atoms with Crippen molar-refractivity contribution < 1.29 is 19.0 Å². The Hall–Kier alpha value is -2.63. The smallest absolute Gasteiger partial charge is 0.328 e. The van der Waals surface area contributed by atoms with Gasteiger partial charge in [0.25, 0.3) is 0 Å². The summed E-state index contributed by atoms with van der Waals surface area (Å²) < 4.78 is 20.5. The molecule has 0 bridgehead atoms. The van der Waals surface area contributed by atoms with Crippen molar-refractivity contribution in [3.05, 3.63) is 53.6 Å². The number of halogens is 1. The van der Waals surface area contributed by atoms with Gasteiger partial charge in [-0.25, -0.2) is 9.18 Å². The molecule has 5 nitrogen and oxygen atoms in total. The largest absolute Gasteiger partial charge is 0.487 e. The van der Waals surface area contributed by atoms with Crippen LogP contribution in [0.25, 0.3) is 6.08 Å². The molecule has 0 spiro atoms. The van der Waals surface area contributed by atoms with Crippen LogP contribution >= 0.6 is 0 Å². The van der Waals surface area contributed by atoms with Crippen LogP contribution in [-0.2, 0) is 18.4 Å². The van der Waals surface area contributed by atoms with E-state index in [1.807, 2.05) is 0 Å². The van der Waals surface area contributed by atoms with Crippen LogP contribution < -0.4 is 4.74 Å². The predicted molar refractivity (Wildman–Crippen MR) is 70.6 cm³/mol. The summed E-state index contributed by atoms with van der Waals surface area (Å²) in [7, 11) is 1.79. The van der Waals surface area contributed by atoms with Crippen LogP contribution in [0.15, 0.2) is 36.5 Å². The van der Waals surface area contributed by atoms with Crippen molar-refractivity contribution >= 4 is 12.0 Å². The first-order chi connectivity index (χ1) is 9.52. The molecule has 6 heteroatoms. The molecular formula is C14H13FN2O3. The zero-order valence-electron chi connectivity index (χ0n) is 10.8. The minimum atomic E-state index is -1.09. The molecule has 104 valence electrons. The van der Waals surface area contributed by atoms with Crippen LogP contribution in [0.2, 0.25) is 0 Å². The fraction of sp³-hybridized carbons (Fsp3) is 0.143. The van der Waals surface area contributed by atoms with Crippen LogP contribution in [0.1, 0.15) is 11.3 Å². The lowest BCUT2D eigenvalue weighted by Crippen LogP contribution is -1.98. The van der Waals surface area contributed by atoms with Gasteiger partial charge in [-0.15, -0.1) is 0 Å². The number of ether oxygens (including phenoxy) is 1. The number of aryl methyl sites for hydroxylation is 1. The number of nitrogens with zero attached hydrogens (tertiary/aromatic N) is 2. The molecule has 1 N–H and O–H groups in total. The second kappa shape index (κ2) is 6.01. The maximum absolute atomic E-state index is 13.4. The SMILES string of the molecule is Cn1ccc(COc2cc(F)cc(/C=C/C(=O)O)c2)n1. The summed E-state index contributed by atoms with van der Waals surface area (Å²) in [5, 5.41) is 12.7. The third-order valence-corrected chi connectivity index (χ3v) is 2.47. The first-order valence-corrected chi connectivity index (χ1v) is 5.86.